The Morgan fingerprint density at radius 1 is 1.00 bits per heavy atom. The smallest absolute Gasteiger partial charge is 0.261 e. The molecule has 0 aliphatic heterocycles. The highest BCUT2D eigenvalue weighted by atomic mass is 16.5. The maximum atomic E-state index is 12.5. The highest BCUT2D eigenvalue weighted by Crippen LogP contribution is 2.22. The van der Waals surface area contributed by atoms with Crippen LogP contribution in [0, 0.1) is 0 Å². The minimum absolute atomic E-state index is 0.133. The summed E-state index contributed by atoms with van der Waals surface area (Å²) in [5.41, 5.74) is 0.934. The number of nitrogens with one attached hydrogen (secondary N) is 1. The molecule has 3 aromatic rings. The van der Waals surface area contributed by atoms with Crippen LogP contribution in [-0.4, -0.2) is 19.1 Å². The van der Waals surface area contributed by atoms with Gasteiger partial charge in [0, 0.05) is 12.1 Å². The number of ether oxygens (including phenoxy) is 2. The molecule has 0 unspecified atom stereocenters. The molecule has 26 heavy (non-hydrogen) atoms. The van der Waals surface area contributed by atoms with Gasteiger partial charge < -0.3 is 14.8 Å². The van der Waals surface area contributed by atoms with Crippen molar-refractivity contribution in [1.82, 2.24) is 5.32 Å². The molecule has 134 valence electrons. The van der Waals surface area contributed by atoms with Gasteiger partial charge in [-0.25, -0.2) is 0 Å². The molecular weight excluding hydrogens is 326 g/mol. The third-order valence-electron chi connectivity index (χ3n) is 4.31. The summed E-state index contributed by atoms with van der Waals surface area (Å²) in [6.45, 7) is 2.34. The number of methoxy groups -OCH3 is 1. The zero-order chi connectivity index (χ0) is 18.4. The summed E-state index contributed by atoms with van der Waals surface area (Å²) in [5.74, 6) is 1.32. The van der Waals surface area contributed by atoms with Gasteiger partial charge in [0.2, 0.25) is 0 Å². The first-order valence-corrected chi connectivity index (χ1v) is 8.76. The van der Waals surface area contributed by atoms with Gasteiger partial charge in [0.1, 0.15) is 11.5 Å². The molecule has 0 heterocycles. The van der Waals surface area contributed by atoms with Gasteiger partial charge in [-0.3, -0.25) is 4.79 Å². The maximum Gasteiger partial charge on any atom is 0.261 e. The van der Waals surface area contributed by atoms with Crippen molar-refractivity contribution in [1.29, 1.82) is 0 Å². The Labute approximate surface area is 153 Å². The van der Waals surface area contributed by atoms with Gasteiger partial charge in [0.05, 0.1) is 7.11 Å². The fourth-order valence-corrected chi connectivity index (χ4v) is 2.87. The van der Waals surface area contributed by atoms with Crippen LogP contribution in [0.4, 0.5) is 0 Å². The van der Waals surface area contributed by atoms with Crippen molar-refractivity contribution in [2.45, 2.75) is 26.0 Å². The molecular formula is C22H23NO3. The normalized spacial score (nSPS) is 11.8. The number of amides is 1. The molecule has 1 amide bonds. The summed E-state index contributed by atoms with van der Waals surface area (Å²) in [7, 11) is 1.62. The number of hydrogen-bond donors (Lipinski definition) is 1. The minimum atomic E-state index is -0.536. The van der Waals surface area contributed by atoms with E-state index in [-0.39, 0.29) is 5.91 Å². The molecule has 0 aliphatic rings. The predicted molar refractivity (Wildman–Crippen MR) is 103 cm³/mol. The molecule has 0 radical (unpaired) electrons. The zero-order valence-electron chi connectivity index (χ0n) is 15.1. The summed E-state index contributed by atoms with van der Waals surface area (Å²) < 4.78 is 11.3. The van der Waals surface area contributed by atoms with Crippen LogP contribution in [0.5, 0.6) is 11.5 Å². The fraction of sp³-hybridized carbons (Fsp3) is 0.227. The molecule has 0 aromatic heterocycles. The summed E-state index contributed by atoms with van der Waals surface area (Å²) >= 11 is 0. The summed E-state index contributed by atoms with van der Waals surface area (Å²) in [5, 5.41) is 5.18. The quantitative estimate of drug-likeness (QED) is 0.691. The first-order valence-electron chi connectivity index (χ1n) is 8.76. The zero-order valence-corrected chi connectivity index (χ0v) is 15.1. The van der Waals surface area contributed by atoms with E-state index >= 15 is 0 Å². The number of hydrogen-bond acceptors (Lipinski definition) is 3. The Hall–Kier alpha value is -3.01. The Kier molecular flexibility index (Phi) is 5.74. The lowest BCUT2D eigenvalue weighted by Crippen LogP contribution is -2.37. The molecule has 0 fully saturated rings. The van der Waals surface area contributed by atoms with Gasteiger partial charge in [0.15, 0.2) is 6.10 Å². The van der Waals surface area contributed by atoms with Crippen LogP contribution in [0.15, 0.2) is 66.7 Å². The predicted octanol–water partition coefficient (Wildman–Crippen LogP) is 4.32. The van der Waals surface area contributed by atoms with E-state index in [1.807, 2.05) is 67.6 Å². The van der Waals surface area contributed by atoms with Crippen LogP contribution in [-0.2, 0) is 11.3 Å². The average molecular weight is 349 g/mol. The molecule has 0 bridgehead atoms. The fourth-order valence-electron chi connectivity index (χ4n) is 2.87. The molecule has 0 saturated heterocycles. The first-order chi connectivity index (χ1) is 12.7. The number of fused-ring (bicyclic) bond motifs is 1. The van der Waals surface area contributed by atoms with Crippen molar-refractivity contribution in [3.8, 4) is 11.5 Å². The third-order valence-corrected chi connectivity index (χ3v) is 4.31. The number of para-hydroxylation sites is 1. The SMILES string of the molecule is CC[C@@H](Oc1ccc2ccccc2c1)C(=O)NCc1ccccc1OC. The van der Waals surface area contributed by atoms with Gasteiger partial charge in [-0.15, -0.1) is 0 Å². The Morgan fingerprint density at radius 3 is 2.50 bits per heavy atom. The molecule has 4 heteroatoms. The van der Waals surface area contributed by atoms with Crippen molar-refractivity contribution in [2.75, 3.05) is 7.11 Å². The lowest BCUT2D eigenvalue weighted by Gasteiger charge is -2.18. The molecule has 1 N–H and O–H groups in total. The van der Waals surface area contributed by atoms with E-state index in [0.717, 1.165) is 22.1 Å². The number of carbonyl (C=O) groups excluding carboxylic acids is 1. The summed E-state index contributed by atoms with van der Waals surface area (Å²) in [6, 6.07) is 21.6. The van der Waals surface area contributed by atoms with E-state index in [1.165, 1.54) is 0 Å². The number of carbonyl (C=O) groups is 1. The monoisotopic (exact) mass is 349 g/mol. The average Bonchev–Trinajstić information content (AvgIpc) is 2.70. The Morgan fingerprint density at radius 2 is 1.73 bits per heavy atom. The highest BCUT2D eigenvalue weighted by Gasteiger charge is 2.18. The molecule has 0 saturated carbocycles. The molecule has 3 rings (SSSR count). The molecule has 1 atom stereocenters. The second-order valence-electron chi connectivity index (χ2n) is 6.05. The van der Waals surface area contributed by atoms with Crippen LogP contribution in [0.3, 0.4) is 0 Å². The number of benzene rings is 3. The van der Waals surface area contributed by atoms with Gasteiger partial charge in [-0.1, -0.05) is 55.5 Å². The van der Waals surface area contributed by atoms with Crippen molar-refractivity contribution < 1.29 is 14.3 Å². The Balaban J connectivity index is 1.66. The van der Waals surface area contributed by atoms with Crippen molar-refractivity contribution >= 4 is 16.7 Å². The Bertz CT molecular complexity index is 891. The standard InChI is InChI=1S/C22H23NO3/c1-3-20(22(24)23-15-18-10-6-7-11-21(18)25-2)26-19-13-12-16-8-4-5-9-17(16)14-19/h4-14,20H,3,15H2,1-2H3,(H,23,24)/t20-/m1/s1. The van der Waals surface area contributed by atoms with Gasteiger partial charge >= 0.3 is 0 Å². The van der Waals surface area contributed by atoms with Crippen LogP contribution in [0.25, 0.3) is 10.8 Å². The van der Waals surface area contributed by atoms with E-state index in [4.69, 9.17) is 9.47 Å². The van der Waals surface area contributed by atoms with Crippen molar-refractivity contribution in [3.05, 3.63) is 72.3 Å². The van der Waals surface area contributed by atoms with Crippen LogP contribution < -0.4 is 14.8 Å². The molecule has 3 aromatic carbocycles. The summed E-state index contributed by atoms with van der Waals surface area (Å²) in [4.78, 5) is 12.5. The van der Waals surface area contributed by atoms with Gasteiger partial charge in [0.25, 0.3) is 5.91 Å². The van der Waals surface area contributed by atoms with Crippen molar-refractivity contribution in [2.24, 2.45) is 0 Å². The van der Waals surface area contributed by atoms with Crippen LogP contribution in [0.1, 0.15) is 18.9 Å². The topological polar surface area (TPSA) is 47.6 Å². The van der Waals surface area contributed by atoms with Gasteiger partial charge in [-0.05, 0) is 35.4 Å². The van der Waals surface area contributed by atoms with Gasteiger partial charge in [-0.2, -0.15) is 0 Å². The largest absolute Gasteiger partial charge is 0.496 e. The minimum Gasteiger partial charge on any atom is -0.496 e. The van der Waals surface area contributed by atoms with E-state index < -0.39 is 6.10 Å². The van der Waals surface area contributed by atoms with E-state index in [2.05, 4.69) is 11.4 Å². The number of rotatable bonds is 7. The van der Waals surface area contributed by atoms with Crippen LogP contribution in [0.2, 0.25) is 0 Å². The highest BCUT2D eigenvalue weighted by molar-refractivity contribution is 5.84. The molecule has 0 aliphatic carbocycles. The third kappa shape index (κ3) is 4.14. The lowest BCUT2D eigenvalue weighted by atomic mass is 10.1. The van der Waals surface area contributed by atoms with Crippen LogP contribution >= 0.6 is 0 Å². The lowest BCUT2D eigenvalue weighted by molar-refractivity contribution is -0.128. The first kappa shape index (κ1) is 17.8. The maximum absolute atomic E-state index is 12.5. The van der Waals surface area contributed by atoms with E-state index in [1.54, 1.807) is 7.11 Å². The second-order valence-corrected chi connectivity index (χ2v) is 6.05. The molecule has 4 nitrogen and oxygen atoms in total. The second kappa shape index (κ2) is 8.39. The van der Waals surface area contributed by atoms with Crippen molar-refractivity contribution in [3.63, 3.8) is 0 Å². The summed E-state index contributed by atoms with van der Waals surface area (Å²) in [6.07, 6.45) is 0.0516. The molecule has 0 spiro atoms. The van der Waals surface area contributed by atoms with E-state index in [0.29, 0.717) is 18.7 Å². The van der Waals surface area contributed by atoms with E-state index in [9.17, 15) is 4.79 Å².